The number of rotatable bonds is 6. The van der Waals surface area contributed by atoms with Crippen LogP contribution in [0.4, 0.5) is 0 Å². The Hall–Kier alpha value is -2.80. The van der Waals surface area contributed by atoms with Gasteiger partial charge in [-0.3, -0.25) is 9.59 Å². The Balaban J connectivity index is 1.39. The van der Waals surface area contributed by atoms with Crippen molar-refractivity contribution in [3.8, 4) is 0 Å². The van der Waals surface area contributed by atoms with E-state index in [2.05, 4.69) is 10.3 Å². The first kappa shape index (κ1) is 18.6. The molecular formula is C21H22N4O2S. The third-order valence-electron chi connectivity index (χ3n) is 4.78. The van der Waals surface area contributed by atoms with Gasteiger partial charge in [-0.2, -0.15) is 0 Å². The van der Waals surface area contributed by atoms with Gasteiger partial charge in [-0.15, -0.1) is 11.8 Å². The number of nitrogens with one attached hydrogen (secondary N) is 1. The van der Waals surface area contributed by atoms with E-state index in [0.717, 1.165) is 42.2 Å². The van der Waals surface area contributed by atoms with Crippen LogP contribution >= 0.6 is 11.8 Å². The summed E-state index contributed by atoms with van der Waals surface area (Å²) in [5, 5.41) is 2.77. The molecule has 1 aromatic carbocycles. The molecule has 0 aliphatic carbocycles. The first-order valence-electron chi connectivity index (χ1n) is 9.41. The van der Waals surface area contributed by atoms with Crippen LogP contribution in [-0.2, 0) is 10.5 Å². The summed E-state index contributed by atoms with van der Waals surface area (Å²) < 4.78 is 1.98. The summed E-state index contributed by atoms with van der Waals surface area (Å²) in [7, 11) is 0. The molecule has 28 heavy (non-hydrogen) atoms. The van der Waals surface area contributed by atoms with Crippen molar-refractivity contribution in [1.82, 2.24) is 19.6 Å². The number of nitrogens with zero attached hydrogens (tertiary/aromatic N) is 3. The quantitative estimate of drug-likeness (QED) is 0.653. The molecule has 0 bridgehead atoms. The van der Waals surface area contributed by atoms with Gasteiger partial charge in [0.15, 0.2) is 0 Å². The summed E-state index contributed by atoms with van der Waals surface area (Å²) in [6, 6.07) is 13.4. The molecular weight excluding hydrogens is 372 g/mol. The van der Waals surface area contributed by atoms with E-state index >= 15 is 0 Å². The average molecular weight is 395 g/mol. The zero-order chi connectivity index (χ0) is 19.3. The van der Waals surface area contributed by atoms with Gasteiger partial charge in [0.25, 0.3) is 5.91 Å². The zero-order valence-corrected chi connectivity index (χ0v) is 16.3. The van der Waals surface area contributed by atoms with E-state index in [9.17, 15) is 9.59 Å². The molecule has 7 heteroatoms. The van der Waals surface area contributed by atoms with E-state index in [-0.39, 0.29) is 18.4 Å². The van der Waals surface area contributed by atoms with Crippen LogP contribution in [0.15, 0.2) is 59.8 Å². The molecule has 6 nitrogen and oxygen atoms in total. The number of thioether (sulfide) groups is 1. The second-order valence-corrected chi connectivity index (χ2v) is 7.77. The van der Waals surface area contributed by atoms with Gasteiger partial charge in [0.05, 0.1) is 17.8 Å². The summed E-state index contributed by atoms with van der Waals surface area (Å²) in [6.07, 6.45) is 6.06. The van der Waals surface area contributed by atoms with Crippen molar-refractivity contribution in [3.63, 3.8) is 0 Å². The van der Waals surface area contributed by atoms with Crippen molar-refractivity contribution in [1.29, 1.82) is 0 Å². The number of carbonyl (C=O) groups excluding carboxylic acids is 2. The highest BCUT2D eigenvalue weighted by molar-refractivity contribution is 7.98. The maximum absolute atomic E-state index is 12.6. The topological polar surface area (TPSA) is 66.7 Å². The van der Waals surface area contributed by atoms with E-state index in [1.54, 1.807) is 17.8 Å². The van der Waals surface area contributed by atoms with Gasteiger partial charge in [0, 0.05) is 36.1 Å². The number of imidazole rings is 1. The lowest BCUT2D eigenvalue weighted by Crippen LogP contribution is -2.38. The summed E-state index contributed by atoms with van der Waals surface area (Å²) in [5.74, 6) is 0.435. The molecule has 2 amide bonds. The number of carbonyl (C=O) groups is 2. The van der Waals surface area contributed by atoms with E-state index in [1.165, 1.54) is 0 Å². The summed E-state index contributed by atoms with van der Waals surface area (Å²) in [5.41, 5.74) is 2.45. The molecule has 144 valence electrons. The van der Waals surface area contributed by atoms with Crippen molar-refractivity contribution in [2.24, 2.45) is 0 Å². The number of hydrogen-bond acceptors (Lipinski definition) is 4. The van der Waals surface area contributed by atoms with Gasteiger partial charge in [-0.25, -0.2) is 4.98 Å². The number of pyridine rings is 1. The van der Waals surface area contributed by atoms with Crippen LogP contribution in [0.2, 0.25) is 0 Å². The van der Waals surface area contributed by atoms with E-state index in [1.807, 2.05) is 58.1 Å². The minimum atomic E-state index is -0.217. The van der Waals surface area contributed by atoms with Crippen molar-refractivity contribution >= 4 is 29.2 Å². The van der Waals surface area contributed by atoms with Crippen molar-refractivity contribution in [2.45, 2.75) is 23.5 Å². The Morgan fingerprint density at radius 1 is 1.07 bits per heavy atom. The van der Waals surface area contributed by atoms with Gasteiger partial charge >= 0.3 is 0 Å². The van der Waals surface area contributed by atoms with Crippen LogP contribution in [0.5, 0.6) is 0 Å². The monoisotopic (exact) mass is 394 g/mol. The average Bonchev–Trinajstić information content (AvgIpc) is 3.40. The highest BCUT2D eigenvalue weighted by atomic mass is 32.2. The first-order chi connectivity index (χ1) is 13.7. The smallest absolute Gasteiger partial charge is 0.252 e. The van der Waals surface area contributed by atoms with E-state index < -0.39 is 0 Å². The summed E-state index contributed by atoms with van der Waals surface area (Å²) >= 11 is 1.57. The highest BCUT2D eigenvalue weighted by Gasteiger charge is 2.19. The first-order valence-corrected chi connectivity index (χ1v) is 10.4. The van der Waals surface area contributed by atoms with Crippen LogP contribution in [0.1, 0.15) is 28.9 Å². The second kappa shape index (κ2) is 8.48. The lowest BCUT2D eigenvalue weighted by atomic mass is 10.2. The molecule has 4 rings (SSSR count). The van der Waals surface area contributed by atoms with Gasteiger partial charge < -0.3 is 14.6 Å². The van der Waals surface area contributed by atoms with E-state index in [4.69, 9.17) is 0 Å². The van der Waals surface area contributed by atoms with Gasteiger partial charge in [-0.05, 0) is 37.1 Å². The van der Waals surface area contributed by atoms with Gasteiger partial charge in [-0.1, -0.05) is 18.2 Å². The molecule has 1 fully saturated rings. The third-order valence-corrected chi connectivity index (χ3v) is 5.89. The fourth-order valence-electron chi connectivity index (χ4n) is 3.32. The highest BCUT2D eigenvalue weighted by Crippen LogP contribution is 2.26. The predicted molar refractivity (Wildman–Crippen MR) is 109 cm³/mol. The summed E-state index contributed by atoms with van der Waals surface area (Å²) in [4.78, 5) is 32.1. The number of amides is 2. The van der Waals surface area contributed by atoms with Crippen LogP contribution in [0.3, 0.4) is 0 Å². The zero-order valence-electron chi connectivity index (χ0n) is 15.5. The number of aromatic nitrogens is 2. The SMILES string of the molecule is O=C(NCC(=O)N1CCCC1)c1ccccc1SCc1cn2ccccc2n1. The molecule has 3 heterocycles. The molecule has 0 atom stereocenters. The van der Waals surface area contributed by atoms with E-state index in [0.29, 0.717) is 11.3 Å². The Morgan fingerprint density at radius 2 is 1.86 bits per heavy atom. The van der Waals surface area contributed by atoms with Crippen LogP contribution in [0.25, 0.3) is 5.65 Å². The second-order valence-electron chi connectivity index (χ2n) is 6.75. The maximum Gasteiger partial charge on any atom is 0.252 e. The normalized spacial score (nSPS) is 13.8. The third kappa shape index (κ3) is 4.20. The van der Waals surface area contributed by atoms with Crippen molar-refractivity contribution < 1.29 is 9.59 Å². The largest absolute Gasteiger partial charge is 0.343 e. The fourth-order valence-corrected chi connectivity index (χ4v) is 4.25. The Labute approximate surface area is 167 Å². The number of fused-ring (bicyclic) bond motifs is 1. The Kier molecular flexibility index (Phi) is 5.62. The molecule has 1 aliphatic rings. The minimum absolute atomic E-state index is 0.0133. The molecule has 0 saturated carbocycles. The van der Waals surface area contributed by atoms with Crippen molar-refractivity contribution in [2.75, 3.05) is 19.6 Å². The van der Waals surface area contributed by atoms with Crippen LogP contribution < -0.4 is 5.32 Å². The maximum atomic E-state index is 12.6. The standard InChI is InChI=1S/C21H22N4O2S/c26-20(24-10-5-6-11-24)13-22-21(27)17-7-1-2-8-18(17)28-15-16-14-25-12-4-3-9-19(25)23-16/h1-4,7-9,12,14H,5-6,10-11,13,15H2,(H,22,27). The molecule has 1 aliphatic heterocycles. The number of hydrogen-bond donors (Lipinski definition) is 1. The lowest BCUT2D eigenvalue weighted by molar-refractivity contribution is -0.129. The van der Waals surface area contributed by atoms with Gasteiger partial charge in [0.1, 0.15) is 5.65 Å². The Morgan fingerprint density at radius 3 is 2.68 bits per heavy atom. The van der Waals surface area contributed by atoms with Crippen LogP contribution in [-0.4, -0.2) is 45.7 Å². The molecule has 0 unspecified atom stereocenters. The van der Waals surface area contributed by atoms with Crippen molar-refractivity contribution in [3.05, 3.63) is 66.1 Å². The fraction of sp³-hybridized carbons (Fsp3) is 0.286. The minimum Gasteiger partial charge on any atom is -0.343 e. The molecule has 1 saturated heterocycles. The molecule has 3 aromatic rings. The van der Waals surface area contributed by atoms with Gasteiger partial charge in [0.2, 0.25) is 5.91 Å². The predicted octanol–water partition coefficient (Wildman–Crippen LogP) is 2.98. The Bertz CT molecular complexity index is 962. The summed E-state index contributed by atoms with van der Waals surface area (Å²) in [6.45, 7) is 1.63. The molecule has 0 radical (unpaired) electrons. The van der Waals surface area contributed by atoms with Crippen LogP contribution in [0, 0.1) is 0 Å². The lowest BCUT2D eigenvalue weighted by Gasteiger charge is -2.16. The molecule has 2 aromatic heterocycles. The molecule has 1 N–H and O–H groups in total. The molecule has 0 spiro atoms. The number of benzene rings is 1. The number of likely N-dealkylation sites (tertiary alicyclic amines) is 1.